The highest BCUT2D eigenvalue weighted by Crippen LogP contribution is 2.41. The van der Waals surface area contributed by atoms with Crippen molar-refractivity contribution in [3.05, 3.63) is 65.2 Å². The Hall–Kier alpha value is -3.68. The van der Waals surface area contributed by atoms with Gasteiger partial charge in [-0.2, -0.15) is 0 Å². The van der Waals surface area contributed by atoms with Crippen LogP contribution >= 0.6 is 0 Å². The third kappa shape index (κ3) is 3.84. The summed E-state index contributed by atoms with van der Waals surface area (Å²) in [4.78, 5) is 52.0. The number of hydrogen-bond donors (Lipinski definition) is 3. The van der Waals surface area contributed by atoms with E-state index in [1.807, 2.05) is 38.1 Å². The summed E-state index contributed by atoms with van der Waals surface area (Å²) in [5, 5.41) is 8.30. The summed E-state index contributed by atoms with van der Waals surface area (Å²) in [7, 11) is 0. The first-order chi connectivity index (χ1) is 15.3. The molecule has 5 amide bonds. The Kier molecular flexibility index (Phi) is 5.69. The van der Waals surface area contributed by atoms with E-state index in [1.165, 1.54) is 0 Å². The number of benzene rings is 2. The third-order valence-corrected chi connectivity index (χ3v) is 5.84. The maximum atomic E-state index is 13.2. The molecule has 2 aromatic carbocycles. The second-order valence-corrected chi connectivity index (χ2v) is 8.58. The molecule has 1 aliphatic carbocycles. The molecule has 1 heterocycles. The minimum absolute atomic E-state index is 0.286. The zero-order valence-corrected chi connectivity index (χ0v) is 18.1. The molecule has 32 heavy (non-hydrogen) atoms. The first kappa shape index (κ1) is 21.5. The van der Waals surface area contributed by atoms with Gasteiger partial charge in [0.25, 0.3) is 11.8 Å². The molecule has 1 unspecified atom stereocenters. The van der Waals surface area contributed by atoms with E-state index in [9.17, 15) is 19.2 Å². The highest BCUT2D eigenvalue weighted by atomic mass is 16.2. The largest absolute Gasteiger partial charge is 0.352 e. The number of para-hydroxylation sites is 1. The van der Waals surface area contributed by atoms with Crippen LogP contribution in [0.15, 0.2) is 48.5 Å². The third-order valence-electron chi connectivity index (χ3n) is 5.84. The van der Waals surface area contributed by atoms with Crippen molar-refractivity contribution in [2.75, 3.05) is 18.4 Å². The van der Waals surface area contributed by atoms with Gasteiger partial charge in [-0.15, -0.1) is 0 Å². The van der Waals surface area contributed by atoms with Crippen LogP contribution in [0.2, 0.25) is 0 Å². The summed E-state index contributed by atoms with van der Waals surface area (Å²) in [5.74, 6) is -0.994. The number of fused-ring (bicyclic) bond motifs is 2. The molecule has 1 spiro atoms. The molecule has 1 aliphatic heterocycles. The highest BCUT2D eigenvalue weighted by Gasteiger charge is 2.55. The van der Waals surface area contributed by atoms with E-state index < -0.39 is 29.9 Å². The van der Waals surface area contributed by atoms with E-state index in [0.717, 1.165) is 16.0 Å². The molecule has 0 aromatic heterocycles. The minimum atomic E-state index is -1.11. The summed E-state index contributed by atoms with van der Waals surface area (Å²) in [6.45, 7) is 4.05. The van der Waals surface area contributed by atoms with Gasteiger partial charge in [0, 0.05) is 6.54 Å². The fourth-order valence-corrected chi connectivity index (χ4v) is 4.25. The number of aryl methyl sites for hydroxylation is 1. The zero-order chi connectivity index (χ0) is 22.9. The van der Waals surface area contributed by atoms with Gasteiger partial charge in [-0.25, -0.2) is 4.79 Å². The number of rotatable bonds is 6. The van der Waals surface area contributed by atoms with Crippen molar-refractivity contribution < 1.29 is 19.2 Å². The van der Waals surface area contributed by atoms with Crippen LogP contribution in [0.5, 0.6) is 0 Å². The molecule has 3 N–H and O–H groups in total. The van der Waals surface area contributed by atoms with Crippen molar-refractivity contribution in [1.29, 1.82) is 0 Å². The lowest BCUT2D eigenvalue weighted by Crippen LogP contribution is -2.43. The zero-order valence-electron chi connectivity index (χ0n) is 18.1. The minimum Gasteiger partial charge on any atom is -0.352 e. The molecule has 8 nitrogen and oxygen atoms in total. The quantitative estimate of drug-likeness (QED) is 0.607. The van der Waals surface area contributed by atoms with Crippen LogP contribution in [-0.2, 0) is 21.5 Å². The van der Waals surface area contributed by atoms with Gasteiger partial charge in [0.05, 0.1) is 11.3 Å². The van der Waals surface area contributed by atoms with Crippen molar-refractivity contribution in [2.45, 2.75) is 32.2 Å². The van der Waals surface area contributed by atoms with Crippen LogP contribution in [-0.4, -0.2) is 41.7 Å². The average Bonchev–Trinajstić information content (AvgIpc) is 3.25. The van der Waals surface area contributed by atoms with Crippen LogP contribution in [0.1, 0.15) is 41.8 Å². The van der Waals surface area contributed by atoms with Gasteiger partial charge in [0.1, 0.15) is 12.1 Å². The number of amides is 5. The Morgan fingerprint density at radius 2 is 1.81 bits per heavy atom. The van der Waals surface area contributed by atoms with Gasteiger partial charge in [0.2, 0.25) is 5.91 Å². The molecule has 1 fully saturated rings. The predicted molar refractivity (Wildman–Crippen MR) is 119 cm³/mol. The second-order valence-electron chi connectivity index (χ2n) is 8.58. The molecule has 0 saturated carbocycles. The Balaban J connectivity index is 1.47. The summed E-state index contributed by atoms with van der Waals surface area (Å²) in [6, 6.07) is 13.6. The highest BCUT2D eigenvalue weighted by molar-refractivity contribution is 6.11. The van der Waals surface area contributed by atoms with Crippen molar-refractivity contribution in [2.24, 2.45) is 5.92 Å². The maximum Gasteiger partial charge on any atom is 0.325 e. The Bertz CT molecular complexity index is 1100. The lowest BCUT2D eigenvalue weighted by Gasteiger charge is -2.22. The van der Waals surface area contributed by atoms with Gasteiger partial charge in [-0.05, 0) is 42.0 Å². The number of carbonyl (C=O) groups excluding carboxylic acids is 4. The van der Waals surface area contributed by atoms with Crippen LogP contribution in [0.25, 0.3) is 0 Å². The normalized spacial score (nSPS) is 19.3. The maximum absolute atomic E-state index is 13.2. The van der Waals surface area contributed by atoms with Gasteiger partial charge in [0.15, 0.2) is 0 Å². The molecule has 1 saturated heterocycles. The van der Waals surface area contributed by atoms with Crippen LogP contribution < -0.4 is 16.0 Å². The fourth-order valence-electron chi connectivity index (χ4n) is 4.25. The Morgan fingerprint density at radius 1 is 1.09 bits per heavy atom. The fraction of sp³-hybridized carbons (Fsp3) is 0.333. The summed E-state index contributed by atoms with van der Waals surface area (Å²) in [5.41, 5.74) is 1.34. The van der Waals surface area contributed by atoms with Crippen molar-refractivity contribution in [1.82, 2.24) is 15.5 Å². The van der Waals surface area contributed by atoms with Gasteiger partial charge in [-0.1, -0.05) is 50.2 Å². The van der Waals surface area contributed by atoms with Crippen molar-refractivity contribution in [3.8, 4) is 0 Å². The average molecular weight is 434 g/mol. The van der Waals surface area contributed by atoms with E-state index in [1.54, 1.807) is 24.3 Å². The van der Waals surface area contributed by atoms with Gasteiger partial charge < -0.3 is 16.0 Å². The SMILES string of the molecule is CC(C)CNC(=O)c1ccccc1NC(=O)CN1C(=O)NC2(CCc3ccccc32)C1=O. The number of hydrogen-bond acceptors (Lipinski definition) is 4. The summed E-state index contributed by atoms with van der Waals surface area (Å²) >= 11 is 0. The molecule has 166 valence electrons. The molecule has 2 aromatic rings. The summed E-state index contributed by atoms with van der Waals surface area (Å²) in [6.07, 6.45) is 1.15. The molecule has 1 atom stereocenters. The molecule has 8 heteroatoms. The van der Waals surface area contributed by atoms with Crippen molar-refractivity contribution >= 4 is 29.4 Å². The van der Waals surface area contributed by atoms with Crippen LogP contribution in [0.3, 0.4) is 0 Å². The first-order valence-electron chi connectivity index (χ1n) is 10.7. The number of nitrogens with zero attached hydrogens (tertiary/aromatic N) is 1. The van der Waals surface area contributed by atoms with E-state index in [2.05, 4.69) is 16.0 Å². The molecular weight excluding hydrogens is 408 g/mol. The number of urea groups is 1. The second kappa shape index (κ2) is 8.45. The number of imide groups is 1. The van der Waals surface area contributed by atoms with Crippen LogP contribution in [0, 0.1) is 5.92 Å². The van der Waals surface area contributed by atoms with E-state index in [4.69, 9.17) is 0 Å². The standard InChI is InChI=1S/C24H26N4O4/c1-15(2)13-25-21(30)17-8-4-6-10-19(17)26-20(29)14-28-22(31)24(27-23(28)32)12-11-16-7-3-5-9-18(16)24/h3-10,15H,11-14H2,1-2H3,(H,25,30)(H,26,29)(H,27,32). The van der Waals surface area contributed by atoms with Gasteiger partial charge in [-0.3, -0.25) is 19.3 Å². The van der Waals surface area contributed by atoms with Gasteiger partial charge >= 0.3 is 6.03 Å². The topological polar surface area (TPSA) is 108 Å². The summed E-state index contributed by atoms with van der Waals surface area (Å²) < 4.78 is 0. The monoisotopic (exact) mass is 434 g/mol. The smallest absolute Gasteiger partial charge is 0.325 e. The van der Waals surface area contributed by atoms with E-state index in [-0.39, 0.29) is 11.8 Å². The lowest BCUT2D eigenvalue weighted by molar-refractivity contribution is -0.134. The molecule has 0 radical (unpaired) electrons. The van der Waals surface area contributed by atoms with Crippen LogP contribution in [0.4, 0.5) is 10.5 Å². The van der Waals surface area contributed by atoms with Crippen molar-refractivity contribution in [3.63, 3.8) is 0 Å². The first-order valence-corrected chi connectivity index (χ1v) is 10.7. The molecule has 2 aliphatic rings. The predicted octanol–water partition coefficient (Wildman–Crippen LogP) is 2.40. The number of anilines is 1. The van der Waals surface area contributed by atoms with E-state index >= 15 is 0 Å². The number of carbonyl (C=O) groups is 4. The molecule has 0 bridgehead atoms. The lowest BCUT2D eigenvalue weighted by atomic mass is 9.92. The Morgan fingerprint density at radius 3 is 2.59 bits per heavy atom. The van der Waals surface area contributed by atoms with E-state index in [0.29, 0.717) is 30.6 Å². The molecular formula is C24H26N4O4. The Labute approximate surface area is 186 Å². The number of nitrogens with one attached hydrogen (secondary N) is 3. The molecule has 4 rings (SSSR count).